The Morgan fingerprint density at radius 3 is 1.12 bits per heavy atom. The molecule has 6 N–H and O–H groups in total. The number of quaternary nitrogens is 2. The van der Waals surface area contributed by atoms with Crippen LogP contribution in [0.15, 0.2) is 58.5 Å². The van der Waals surface area contributed by atoms with Gasteiger partial charge in [0.1, 0.15) is 11.1 Å². The molecule has 34 heavy (non-hydrogen) atoms. The van der Waals surface area contributed by atoms with Gasteiger partial charge in [-0.15, -0.1) is 0 Å². The summed E-state index contributed by atoms with van der Waals surface area (Å²) in [5.74, 6) is 0. The second-order valence-corrected chi connectivity index (χ2v) is 10.5. The maximum atomic E-state index is 10.4. The van der Waals surface area contributed by atoms with E-state index in [1.165, 1.54) is 11.1 Å². The van der Waals surface area contributed by atoms with E-state index in [0.717, 1.165) is 11.1 Å². The molecule has 0 amide bonds. The van der Waals surface area contributed by atoms with Gasteiger partial charge in [0, 0.05) is 11.1 Å². The molecular weight excluding hydrogens is 471 g/mol. The number of carbonyl (C=O) groups excluding carboxylic acids is 2. The van der Waals surface area contributed by atoms with Gasteiger partial charge in [0.15, 0.2) is 0 Å². The van der Waals surface area contributed by atoms with E-state index < -0.39 is 11.1 Å². The zero-order valence-corrected chi connectivity index (χ0v) is 23.0. The van der Waals surface area contributed by atoms with Crippen molar-refractivity contribution in [2.24, 2.45) is 9.98 Å². The van der Waals surface area contributed by atoms with Crippen molar-refractivity contribution in [3.05, 3.63) is 70.8 Å². The molecule has 8 heteroatoms. The van der Waals surface area contributed by atoms with Crippen LogP contribution >= 0.6 is 0 Å². The molecule has 2 rings (SSSR count). The minimum atomic E-state index is -0.640. The Bertz CT molecular complexity index is 951. The molecule has 0 aromatic heterocycles. The highest BCUT2D eigenvalue weighted by Gasteiger charge is 2.25. The number of aliphatic imine (C=N–C) groups is 2. The number of rotatable bonds is 6. The topological polar surface area (TPSA) is 114 Å². The fourth-order valence-corrected chi connectivity index (χ4v) is 3.00. The number of isocyanates is 2. The van der Waals surface area contributed by atoms with Crippen molar-refractivity contribution in [1.29, 1.82) is 0 Å². The number of nitrogens with zero attached hydrogens (tertiary/aromatic N) is 2. The molecule has 0 atom stereocenters. The standard InChI is InChI=1S/C14H16N2O2.C12H20N2.2ClH/c1-13(2,15-9-17)11-6-5-7-12(8-11)14(3,4)16-10-18;1-11(2,13)9-6-5-7-10(8-9)12(3,4)14;;/h5-8H,1-4H3;5-8H,13-14H2,1-4H3;2*1H. The van der Waals surface area contributed by atoms with Crippen LogP contribution in [-0.2, 0) is 31.7 Å². The number of halogens is 2. The minimum Gasteiger partial charge on any atom is -1.00 e. The van der Waals surface area contributed by atoms with Crippen LogP contribution in [0.1, 0.15) is 77.6 Å². The molecule has 0 heterocycles. The summed E-state index contributed by atoms with van der Waals surface area (Å²) < 4.78 is 0. The van der Waals surface area contributed by atoms with E-state index in [1.54, 1.807) is 12.2 Å². The lowest BCUT2D eigenvalue weighted by Crippen LogP contribution is -3.00. The number of benzene rings is 2. The van der Waals surface area contributed by atoms with Crippen LogP contribution in [0.4, 0.5) is 0 Å². The zero-order chi connectivity index (χ0) is 24.8. The summed E-state index contributed by atoms with van der Waals surface area (Å²) in [5.41, 5.74) is 11.2. The fourth-order valence-electron chi connectivity index (χ4n) is 3.00. The summed E-state index contributed by atoms with van der Waals surface area (Å²) in [6.07, 6.45) is 3.16. The lowest BCUT2D eigenvalue weighted by Gasteiger charge is -2.23. The second-order valence-electron chi connectivity index (χ2n) is 10.5. The third-order valence-electron chi connectivity index (χ3n) is 5.35. The van der Waals surface area contributed by atoms with Gasteiger partial charge in [-0.2, -0.15) is 9.98 Å². The highest BCUT2D eigenvalue weighted by Crippen LogP contribution is 2.30. The molecular formula is C26H38Cl2N4O2. The third kappa shape index (κ3) is 9.90. The largest absolute Gasteiger partial charge is 1.00 e. The summed E-state index contributed by atoms with van der Waals surface area (Å²) in [5, 5.41) is 0. The van der Waals surface area contributed by atoms with Gasteiger partial charge in [-0.05, 0) is 72.6 Å². The predicted molar refractivity (Wildman–Crippen MR) is 127 cm³/mol. The summed E-state index contributed by atoms with van der Waals surface area (Å²) >= 11 is 0. The van der Waals surface area contributed by atoms with Crippen molar-refractivity contribution in [2.45, 2.75) is 77.5 Å². The molecule has 0 unspecified atom stereocenters. The summed E-state index contributed by atoms with van der Waals surface area (Å²) in [6, 6.07) is 16.1. The fraction of sp³-hybridized carbons (Fsp3) is 0.462. The molecule has 188 valence electrons. The van der Waals surface area contributed by atoms with Crippen LogP contribution in [0, 0.1) is 0 Å². The molecule has 0 saturated carbocycles. The molecule has 0 aliphatic rings. The molecule has 2 aromatic carbocycles. The molecule has 0 fully saturated rings. The first-order chi connectivity index (χ1) is 14.5. The van der Waals surface area contributed by atoms with E-state index in [2.05, 4.69) is 73.4 Å². The monoisotopic (exact) mass is 508 g/mol. The first-order valence-electron chi connectivity index (χ1n) is 10.7. The predicted octanol–water partition coefficient (Wildman–Crippen LogP) is -2.52. The van der Waals surface area contributed by atoms with Gasteiger partial charge >= 0.3 is 0 Å². The van der Waals surface area contributed by atoms with Crippen LogP contribution in [0.25, 0.3) is 0 Å². The Hall–Kier alpha value is -2.30. The molecule has 0 aliphatic carbocycles. The van der Waals surface area contributed by atoms with Crippen molar-refractivity contribution in [3.8, 4) is 0 Å². The van der Waals surface area contributed by atoms with Gasteiger partial charge in [0.2, 0.25) is 12.2 Å². The summed E-state index contributed by atoms with van der Waals surface area (Å²) in [7, 11) is 0. The quantitative estimate of drug-likeness (QED) is 0.331. The Kier molecular flexibility index (Phi) is 12.9. The van der Waals surface area contributed by atoms with E-state index in [4.69, 9.17) is 0 Å². The van der Waals surface area contributed by atoms with Crippen LogP contribution < -0.4 is 36.3 Å². The van der Waals surface area contributed by atoms with Crippen LogP contribution in [-0.4, -0.2) is 12.2 Å². The summed E-state index contributed by atoms with van der Waals surface area (Å²) in [4.78, 5) is 28.4. The zero-order valence-electron chi connectivity index (χ0n) is 21.5. The normalized spacial score (nSPS) is 11.4. The Labute approximate surface area is 216 Å². The van der Waals surface area contributed by atoms with Crippen molar-refractivity contribution < 1.29 is 45.9 Å². The highest BCUT2D eigenvalue weighted by atomic mass is 35.5. The van der Waals surface area contributed by atoms with Crippen LogP contribution in [0.2, 0.25) is 0 Å². The number of hydrogen-bond acceptors (Lipinski definition) is 4. The highest BCUT2D eigenvalue weighted by molar-refractivity contribution is 5.41. The number of hydrogen-bond donors (Lipinski definition) is 2. The van der Waals surface area contributed by atoms with Gasteiger partial charge in [0.25, 0.3) is 0 Å². The molecule has 6 nitrogen and oxygen atoms in total. The molecule has 2 aromatic rings. The average Bonchev–Trinajstić information content (AvgIpc) is 2.67. The van der Waals surface area contributed by atoms with Gasteiger partial charge in [-0.3, -0.25) is 0 Å². The third-order valence-corrected chi connectivity index (χ3v) is 5.35. The van der Waals surface area contributed by atoms with E-state index in [-0.39, 0.29) is 35.9 Å². The van der Waals surface area contributed by atoms with Crippen molar-refractivity contribution in [1.82, 2.24) is 0 Å². The average molecular weight is 510 g/mol. The minimum absolute atomic E-state index is 0. The maximum absolute atomic E-state index is 10.4. The van der Waals surface area contributed by atoms with E-state index in [9.17, 15) is 9.59 Å². The Morgan fingerprint density at radius 2 is 0.853 bits per heavy atom. The van der Waals surface area contributed by atoms with Crippen molar-refractivity contribution in [3.63, 3.8) is 0 Å². The molecule has 0 spiro atoms. The van der Waals surface area contributed by atoms with Crippen molar-refractivity contribution >= 4 is 12.2 Å². The van der Waals surface area contributed by atoms with E-state index >= 15 is 0 Å². The second kappa shape index (κ2) is 13.0. The van der Waals surface area contributed by atoms with Gasteiger partial charge in [-0.1, -0.05) is 42.5 Å². The molecule has 0 saturated heterocycles. The Morgan fingerprint density at radius 1 is 0.588 bits per heavy atom. The molecule has 0 bridgehead atoms. The van der Waals surface area contributed by atoms with E-state index in [1.807, 2.05) is 52.0 Å². The van der Waals surface area contributed by atoms with Crippen LogP contribution in [0.3, 0.4) is 0 Å². The SMILES string of the molecule is CC(C)(N=C=O)c1cccc(C(C)(C)N=C=O)c1.CC(C)([NH3+])c1cccc(C(C)(C)[NH3+])c1.[Cl-].[Cl-]. The molecule has 0 aliphatic heterocycles. The van der Waals surface area contributed by atoms with Gasteiger partial charge in [0.05, 0.1) is 11.1 Å². The van der Waals surface area contributed by atoms with Gasteiger partial charge < -0.3 is 36.3 Å². The molecule has 0 radical (unpaired) electrons. The van der Waals surface area contributed by atoms with Crippen molar-refractivity contribution in [2.75, 3.05) is 0 Å². The first kappa shape index (κ1) is 33.9. The lowest BCUT2D eigenvalue weighted by atomic mass is 9.88. The smallest absolute Gasteiger partial charge is 0.235 e. The van der Waals surface area contributed by atoms with E-state index in [0.29, 0.717) is 0 Å². The summed E-state index contributed by atoms with van der Waals surface area (Å²) in [6.45, 7) is 15.8. The van der Waals surface area contributed by atoms with Gasteiger partial charge in [-0.25, -0.2) is 9.59 Å². The maximum Gasteiger partial charge on any atom is 0.235 e. The lowest BCUT2D eigenvalue weighted by molar-refractivity contribution is -0.476. The first-order valence-corrected chi connectivity index (χ1v) is 10.7. The van der Waals surface area contributed by atoms with Crippen LogP contribution in [0.5, 0.6) is 0 Å². The Balaban J connectivity index is 0.